The first kappa shape index (κ1) is 27.9. The van der Waals surface area contributed by atoms with Crippen LogP contribution in [-0.2, 0) is 10.0 Å². The Kier molecular flexibility index (Phi) is 7.51. The number of sulfonamides is 1. The van der Waals surface area contributed by atoms with Gasteiger partial charge < -0.3 is 14.6 Å². The fourth-order valence-corrected chi connectivity index (χ4v) is 4.85. The van der Waals surface area contributed by atoms with E-state index in [0.717, 1.165) is 18.2 Å². The van der Waals surface area contributed by atoms with E-state index in [1.807, 2.05) is 0 Å². The van der Waals surface area contributed by atoms with Crippen molar-refractivity contribution in [1.29, 1.82) is 0 Å². The van der Waals surface area contributed by atoms with Gasteiger partial charge in [-0.1, -0.05) is 16.8 Å². The standard InChI is InChI=1S/C26H16ClF4N5O4S/c27-21-14-20(9-10-22(21)28)41(37,38)36-18-3-1-15(2-4-18)25-34-24(35-40-25)16-11-12-32-23(13-16)33-17-5-7-19(8-6-17)39-26(29,30)31/h1-14,36H,(H,32,33). The van der Waals surface area contributed by atoms with Crippen LogP contribution in [0.5, 0.6) is 5.75 Å². The number of nitrogens with zero attached hydrogens (tertiary/aromatic N) is 3. The lowest BCUT2D eigenvalue weighted by atomic mass is 10.2. The van der Waals surface area contributed by atoms with Crippen LogP contribution in [0.4, 0.5) is 34.8 Å². The largest absolute Gasteiger partial charge is 0.573 e. The molecule has 0 bridgehead atoms. The fourth-order valence-electron chi connectivity index (χ4n) is 3.52. The summed E-state index contributed by atoms with van der Waals surface area (Å²) in [6.07, 6.45) is -3.29. The summed E-state index contributed by atoms with van der Waals surface area (Å²) in [5.74, 6) is -0.324. The van der Waals surface area contributed by atoms with Crippen LogP contribution in [0.15, 0.2) is 94.5 Å². The number of anilines is 3. The number of rotatable bonds is 8. The van der Waals surface area contributed by atoms with Crippen LogP contribution in [0.1, 0.15) is 0 Å². The molecule has 0 spiro atoms. The molecule has 210 valence electrons. The van der Waals surface area contributed by atoms with Crippen LogP contribution in [-0.4, -0.2) is 29.9 Å². The molecule has 5 aromatic rings. The Morgan fingerprint density at radius 3 is 2.27 bits per heavy atom. The van der Waals surface area contributed by atoms with Crippen molar-refractivity contribution in [3.05, 3.63) is 95.9 Å². The minimum atomic E-state index is -4.78. The maximum Gasteiger partial charge on any atom is 0.573 e. The summed E-state index contributed by atoms with van der Waals surface area (Å²) in [4.78, 5) is 8.35. The lowest BCUT2D eigenvalue weighted by molar-refractivity contribution is -0.274. The lowest BCUT2D eigenvalue weighted by Crippen LogP contribution is -2.16. The summed E-state index contributed by atoms with van der Waals surface area (Å²) in [6.45, 7) is 0. The number of halogens is 5. The smallest absolute Gasteiger partial charge is 0.406 e. The molecule has 15 heteroatoms. The van der Waals surface area contributed by atoms with Gasteiger partial charge in [0.25, 0.3) is 15.9 Å². The lowest BCUT2D eigenvalue weighted by Gasteiger charge is -2.10. The van der Waals surface area contributed by atoms with Crippen molar-refractivity contribution < 1.29 is 35.2 Å². The van der Waals surface area contributed by atoms with Crippen molar-refractivity contribution in [2.24, 2.45) is 0 Å². The normalized spacial score (nSPS) is 11.7. The molecule has 2 N–H and O–H groups in total. The molecule has 9 nitrogen and oxygen atoms in total. The van der Waals surface area contributed by atoms with Gasteiger partial charge in [0.2, 0.25) is 5.82 Å². The first-order valence-electron chi connectivity index (χ1n) is 11.5. The molecule has 0 aliphatic rings. The number of alkyl halides is 3. The highest BCUT2D eigenvalue weighted by Crippen LogP contribution is 2.28. The van der Waals surface area contributed by atoms with Gasteiger partial charge in [-0.3, -0.25) is 4.72 Å². The van der Waals surface area contributed by atoms with Gasteiger partial charge in [0, 0.05) is 28.7 Å². The summed E-state index contributed by atoms with van der Waals surface area (Å²) in [5.41, 5.74) is 1.75. The number of nitrogens with one attached hydrogen (secondary N) is 2. The Balaban J connectivity index is 1.27. The van der Waals surface area contributed by atoms with Gasteiger partial charge in [-0.05, 0) is 78.9 Å². The number of pyridine rings is 1. The van der Waals surface area contributed by atoms with Crippen molar-refractivity contribution in [1.82, 2.24) is 15.1 Å². The zero-order chi connectivity index (χ0) is 29.2. The zero-order valence-corrected chi connectivity index (χ0v) is 21.9. The highest BCUT2D eigenvalue weighted by Gasteiger charge is 2.31. The van der Waals surface area contributed by atoms with E-state index in [0.29, 0.717) is 22.6 Å². The van der Waals surface area contributed by atoms with Crippen molar-refractivity contribution in [2.45, 2.75) is 11.3 Å². The SMILES string of the molecule is O=S(=O)(Nc1ccc(-c2nc(-c3ccnc(Nc4ccc(OC(F)(F)F)cc4)c3)no2)cc1)c1ccc(F)c(Cl)c1. The summed E-state index contributed by atoms with van der Waals surface area (Å²) in [5, 5.41) is 6.62. The van der Waals surface area contributed by atoms with Gasteiger partial charge in [-0.25, -0.2) is 17.8 Å². The van der Waals surface area contributed by atoms with E-state index in [2.05, 4.69) is 29.9 Å². The van der Waals surface area contributed by atoms with Crippen LogP contribution in [0.2, 0.25) is 5.02 Å². The van der Waals surface area contributed by atoms with Crippen molar-refractivity contribution >= 4 is 38.8 Å². The topological polar surface area (TPSA) is 119 Å². The first-order chi connectivity index (χ1) is 19.4. The number of hydrogen-bond donors (Lipinski definition) is 2. The van der Waals surface area contributed by atoms with E-state index in [4.69, 9.17) is 16.1 Å². The molecular formula is C26H16ClF4N5O4S. The molecule has 0 unspecified atom stereocenters. The van der Waals surface area contributed by atoms with Gasteiger partial charge in [-0.15, -0.1) is 13.2 Å². The zero-order valence-electron chi connectivity index (χ0n) is 20.4. The summed E-state index contributed by atoms with van der Waals surface area (Å²) in [7, 11) is -4.01. The van der Waals surface area contributed by atoms with E-state index in [1.165, 1.54) is 42.6 Å². The van der Waals surface area contributed by atoms with Crippen molar-refractivity contribution in [3.8, 4) is 28.6 Å². The first-order valence-corrected chi connectivity index (χ1v) is 13.3. The third kappa shape index (κ3) is 6.91. The molecule has 0 atom stereocenters. The molecule has 2 aromatic heterocycles. The maximum atomic E-state index is 13.4. The average Bonchev–Trinajstić information content (AvgIpc) is 3.41. The maximum absolute atomic E-state index is 13.4. The van der Waals surface area contributed by atoms with Crippen LogP contribution < -0.4 is 14.8 Å². The third-order valence-electron chi connectivity index (χ3n) is 5.39. The number of hydrogen-bond acceptors (Lipinski definition) is 8. The Labute approximate surface area is 234 Å². The van der Waals surface area contributed by atoms with Crippen molar-refractivity contribution in [2.75, 3.05) is 10.0 Å². The summed E-state index contributed by atoms with van der Waals surface area (Å²) < 4.78 is 87.2. The van der Waals surface area contributed by atoms with E-state index in [-0.39, 0.29) is 33.1 Å². The average molecular weight is 606 g/mol. The molecule has 0 aliphatic carbocycles. The summed E-state index contributed by atoms with van der Waals surface area (Å²) in [6, 6.07) is 17.6. The van der Waals surface area contributed by atoms with Crippen LogP contribution in [0.25, 0.3) is 22.8 Å². The van der Waals surface area contributed by atoms with E-state index >= 15 is 0 Å². The minimum absolute atomic E-state index is 0.159. The van der Waals surface area contributed by atoms with Crippen LogP contribution in [0, 0.1) is 5.82 Å². The molecule has 2 heterocycles. The van der Waals surface area contributed by atoms with Gasteiger partial charge in [0.05, 0.1) is 9.92 Å². The quantitative estimate of drug-likeness (QED) is 0.181. The Morgan fingerprint density at radius 1 is 0.878 bits per heavy atom. The molecular weight excluding hydrogens is 590 g/mol. The second kappa shape index (κ2) is 11.1. The van der Waals surface area contributed by atoms with E-state index < -0.39 is 22.2 Å². The second-order valence-electron chi connectivity index (χ2n) is 8.31. The minimum Gasteiger partial charge on any atom is -0.406 e. The second-order valence-corrected chi connectivity index (χ2v) is 10.4. The van der Waals surface area contributed by atoms with Gasteiger partial charge >= 0.3 is 6.36 Å². The van der Waals surface area contributed by atoms with Gasteiger partial charge in [-0.2, -0.15) is 4.98 Å². The number of benzene rings is 3. The molecule has 0 fully saturated rings. The molecule has 3 aromatic carbocycles. The van der Waals surface area contributed by atoms with Gasteiger partial charge in [0.15, 0.2) is 0 Å². The Bertz CT molecular complexity index is 1800. The highest BCUT2D eigenvalue weighted by atomic mass is 35.5. The summed E-state index contributed by atoms with van der Waals surface area (Å²) >= 11 is 5.69. The Morgan fingerprint density at radius 2 is 1.59 bits per heavy atom. The fraction of sp³-hybridized carbons (Fsp3) is 0.0385. The molecule has 0 saturated heterocycles. The molecule has 0 radical (unpaired) electrons. The highest BCUT2D eigenvalue weighted by molar-refractivity contribution is 7.92. The molecule has 0 amide bonds. The third-order valence-corrected chi connectivity index (χ3v) is 7.06. The van der Waals surface area contributed by atoms with Crippen LogP contribution in [0.3, 0.4) is 0 Å². The molecule has 41 heavy (non-hydrogen) atoms. The van der Waals surface area contributed by atoms with Crippen molar-refractivity contribution in [3.63, 3.8) is 0 Å². The number of ether oxygens (including phenoxy) is 1. The van der Waals surface area contributed by atoms with Gasteiger partial charge in [0.1, 0.15) is 17.4 Å². The Hall–Kier alpha value is -4.69. The van der Waals surface area contributed by atoms with Crippen LogP contribution >= 0.6 is 11.6 Å². The van der Waals surface area contributed by atoms with E-state index in [9.17, 15) is 26.0 Å². The molecule has 5 rings (SSSR count). The predicted octanol–water partition coefficient (Wildman–Crippen LogP) is 7.03. The number of aromatic nitrogens is 3. The predicted molar refractivity (Wildman–Crippen MR) is 142 cm³/mol. The monoisotopic (exact) mass is 605 g/mol. The molecule has 0 saturated carbocycles. The van der Waals surface area contributed by atoms with E-state index in [1.54, 1.807) is 24.3 Å². The molecule has 0 aliphatic heterocycles.